The number of ether oxygens (including phenoxy) is 1. The van der Waals surface area contributed by atoms with Gasteiger partial charge in [-0.05, 0) is 36.6 Å². The Hall–Kier alpha value is -0.870. The van der Waals surface area contributed by atoms with Gasteiger partial charge in [0.15, 0.2) is 5.78 Å². The molecule has 2 rings (SSSR count). The molecular formula is C13H15BrO3. The lowest BCUT2D eigenvalue weighted by Crippen LogP contribution is -2.19. The third-order valence-corrected chi connectivity index (χ3v) is 3.59. The Morgan fingerprint density at radius 3 is 3.00 bits per heavy atom. The SMILES string of the molecule is O=C1CCCc2cc(OCC(O)CBr)ccc21. The van der Waals surface area contributed by atoms with Crippen LogP contribution in [-0.2, 0) is 6.42 Å². The molecule has 0 fully saturated rings. The summed E-state index contributed by atoms with van der Waals surface area (Å²) in [6.45, 7) is 0.262. The first kappa shape index (κ1) is 12.6. The van der Waals surface area contributed by atoms with Crippen LogP contribution in [0.15, 0.2) is 18.2 Å². The van der Waals surface area contributed by atoms with Gasteiger partial charge >= 0.3 is 0 Å². The van der Waals surface area contributed by atoms with Gasteiger partial charge in [-0.25, -0.2) is 0 Å². The van der Waals surface area contributed by atoms with Gasteiger partial charge in [0.2, 0.25) is 0 Å². The topological polar surface area (TPSA) is 46.5 Å². The number of aliphatic hydroxyl groups is 1. The number of halogens is 1. The van der Waals surface area contributed by atoms with Gasteiger partial charge in [-0.3, -0.25) is 4.79 Å². The summed E-state index contributed by atoms with van der Waals surface area (Å²) in [4.78, 5) is 11.6. The maximum atomic E-state index is 11.6. The van der Waals surface area contributed by atoms with E-state index in [4.69, 9.17) is 4.74 Å². The molecule has 0 spiro atoms. The molecule has 1 unspecified atom stereocenters. The number of carbonyl (C=O) groups is 1. The Kier molecular flexibility index (Phi) is 4.18. The standard InChI is InChI=1S/C13H15BrO3/c14-7-10(15)8-17-11-4-5-12-9(6-11)2-1-3-13(12)16/h4-6,10,15H,1-3,7-8H2. The van der Waals surface area contributed by atoms with Crippen LogP contribution < -0.4 is 4.74 Å². The number of benzene rings is 1. The molecule has 1 aromatic rings. The minimum Gasteiger partial charge on any atom is -0.491 e. The second kappa shape index (κ2) is 5.65. The fourth-order valence-electron chi connectivity index (χ4n) is 1.95. The van der Waals surface area contributed by atoms with Crippen molar-refractivity contribution in [2.75, 3.05) is 11.9 Å². The zero-order valence-electron chi connectivity index (χ0n) is 9.49. The normalized spacial score (nSPS) is 16.5. The minimum absolute atomic E-state index is 0.221. The number of Topliss-reactive ketones (excluding diaryl/α,β-unsaturated/α-hetero) is 1. The van der Waals surface area contributed by atoms with E-state index in [0.717, 1.165) is 29.7 Å². The molecule has 1 atom stereocenters. The number of alkyl halides is 1. The fourth-order valence-corrected chi connectivity index (χ4v) is 2.14. The number of ketones is 1. The summed E-state index contributed by atoms with van der Waals surface area (Å²) in [5, 5.41) is 9.87. The van der Waals surface area contributed by atoms with Gasteiger partial charge in [0.25, 0.3) is 0 Å². The van der Waals surface area contributed by atoms with Crippen LogP contribution in [0.4, 0.5) is 0 Å². The third kappa shape index (κ3) is 3.07. The molecule has 0 saturated heterocycles. The van der Waals surface area contributed by atoms with Crippen LogP contribution in [-0.4, -0.2) is 28.9 Å². The van der Waals surface area contributed by atoms with Crippen molar-refractivity contribution in [2.24, 2.45) is 0 Å². The van der Waals surface area contributed by atoms with E-state index in [9.17, 15) is 9.90 Å². The Balaban J connectivity index is 2.08. The van der Waals surface area contributed by atoms with Crippen molar-refractivity contribution in [1.82, 2.24) is 0 Å². The van der Waals surface area contributed by atoms with E-state index >= 15 is 0 Å². The molecule has 0 aliphatic heterocycles. The van der Waals surface area contributed by atoms with Crippen LogP contribution in [0.25, 0.3) is 0 Å². The number of rotatable bonds is 4. The number of aliphatic hydroxyl groups excluding tert-OH is 1. The molecule has 1 aliphatic rings. The average molecular weight is 299 g/mol. The van der Waals surface area contributed by atoms with Gasteiger partial charge in [-0.15, -0.1) is 0 Å². The van der Waals surface area contributed by atoms with E-state index in [1.54, 1.807) is 6.07 Å². The number of hydrogen-bond donors (Lipinski definition) is 1. The quantitative estimate of drug-likeness (QED) is 0.868. The average Bonchev–Trinajstić information content (AvgIpc) is 2.36. The van der Waals surface area contributed by atoms with Gasteiger partial charge < -0.3 is 9.84 Å². The number of carbonyl (C=O) groups excluding carboxylic acids is 1. The highest BCUT2D eigenvalue weighted by Crippen LogP contribution is 2.25. The first-order chi connectivity index (χ1) is 8.20. The Labute approximate surface area is 109 Å². The van der Waals surface area contributed by atoms with Crippen molar-refractivity contribution in [1.29, 1.82) is 0 Å². The van der Waals surface area contributed by atoms with Crippen molar-refractivity contribution < 1.29 is 14.6 Å². The summed E-state index contributed by atoms with van der Waals surface area (Å²) < 4.78 is 5.47. The number of fused-ring (bicyclic) bond motifs is 1. The van der Waals surface area contributed by atoms with Gasteiger partial charge in [-0.2, -0.15) is 0 Å². The highest BCUT2D eigenvalue weighted by molar-refractivity contribution is 9.09. The van der Waals surface area contributed by atoms with Crippen LogP contribution in [0.5, 0.6) is 5.75 Å². The fraction of sp³-hybridized carbons (Fsp3) is 0.462. The molecule has 0 heterocycles. The molecule has 1 aliphatic carbocycles. The molecule has 4 heteroatoms. The highest BCUT2D eigenvalue weighted by Gasteiger charge is 2.17. The van der Waals surface area contributed by atoms with Crippen molar-refractivity contribution in [3.63, 3.8) is 0 Å². The molecular weight excluding hydrogens is 284 g/mol. The molecule has 1 N–H and O–H groups in total. The van der Waals surface area contributed by atoms with Crippen molar-refractivity contribution in [3.8, 4) is 5.75 Å². The number of aryl methyl sites for hydroxylation is 1. The molecule has 3 nitrogen and oxygen atoms in total. The van der Waals surface area contributed by atoms with Crippen LogP contribution in [0.2, 0.25) is 0 Å². The second-order valence-electron chi connectivity index (χ2n) is 4.21. The zero-order chi connectivity index (χ0) is 12.3. The Morgan fingerprint density at radius 1 is 1.41 bits per heavy atom. The van der Waals surface area contributed by atoms with Crippen LogP contribution in [0.1, 0.15) is 28.8 Å². The lowest BCUT2D eigenvalue weighted by atomic mass is 9.90. The van der Waals surface area contributed by atoms with E-state index in [2.05, 4.69) is 15.9 Å². The molecule has 1 aromatic carbocycles. The predicted octanol–water partition coefficient (Wildman–Crippen LogP) is 2.34. The maximum Gasteiger partial charge on any atom is 0.163 e. The van der Waals surface area contributed by atoms with Gasteiger partial charge in [0.1, 0.15) is 12.4 Å². The van der Waals surface area contributed by atoms with Gasteiger partial charge in [0, 0.05) is 17.3 Å². The van der Waals surface area contributed by atoms with E-state index in [1.807, 2.05) is 12.1 Å². The Morgan fingerprint density at radius 2 is 2.24 bits per heavy atom. The van der Waals surface area contributed by atoms with Crippen LogP contribution in [0, 0.1) is 0 Å². The summed E-state index contributed by atoms with van der Waals surface area (Å²) in [5.74, 6) is 0.941. The van der Waals surface area contributed by atoms with Gasteiger partial charge in [-0.1, -0.05) is 15.9 Å². The lowest BCUT2D eigenvalue weighted by Gasteiger charge is -2.16. The largest absolute Gasteiger partial charge is 0.491 e. The smallest absolute Gasteiger partial charge is 0.163 e. The second-order valence-corrected chi connectivity index (χ2v) is 4.86. The minimum atomic E-state index is -0.507. The third-order valence-electron chi connectivity index (χ3n) is 2.85. The first-order valence-electron chi connectivity index (χ1n) is 5.73. The van der Waals surface area contributed by atoms with E-state index < -0.39 is 6.10 Å². The predicted molar refractivity (Wildman–Crippen MR) is 69.0 cm³/mol. The van der Waals surface area contributed by atoms with E-state index in [-0.39, 0.29) is 12.4 Å². The molecule has 0 saturated carbocycles. The summed E-state index contributed by atoms with van der Waals surface area (Å²) in [5.41, 5.74) is 1.89. The maximum absolute atomic E-state index is 11.6. The molecule has 17 heavy (non-hydrogen) atoms. The summed E-state index contributed by atoms with van der Waals surface area (Å²) in [7, 11) is 0. The van der Waals surface area contributed by atoms with E-state index in [1.165, 1.54) is 0 Å². The van der Waals surface area contributed by atoms with Gasteiger partial charge in [0.05, 0.1) is 6.10 Å². The van der Waals surface area contributed by atoms with Crippen molar-refractivity contribution >= 4 is 21.7 Å². The van der Waals surface area contributed by atoms with Crippen molar-refractivity contribution in [2.45, 2.75) is 25.4 Å². The lowest BCUT2D eigenvalue weighted by molar-refractivity contribution is 0.0972. The van der Waals surface area contributed by atoms with Crippen molar-refractivity contribution in [3.05, 3.63) is 29.3 Å². The zero-order valence-corrected chi connectivity index (χ0v) is 11.1. The molecule has 0 amide bonds. The summed E-state index contributed by atoms with van der Waals surface area (Å²) in [6.07, 6.45) is 1.99. The summed E-state index contributed by atoms with van der Waals surface area (Å²) in [6, 6.07) is 5.53. The summed E-state index contributed by atoms with van der Waals surface area (Å²) >= 11 is 3.18. The van der Waals surface area contributed by atoms with E-state index in [0.29, 0.717) is 11.8 Å². The van der Waals surface area contributed by atoms with Crippen LogP contribution in [0.3, 0.4) is 0 Å². The molecule has 92 valence electrons. The molecule has 0 aromatic heterocycles. The van der Waals surface area contributed by atoms with Crippen LogP contribution >= 0.6 is 15.9 Å². The monoisotopic (exact) mass is 298 g/mol. The Bertz CT molecular complexity index is 417. The number of hydrogen-bond acceptors (Lipinski definition) is 3. The first-order valence-corrected chi connectivity index (χ1v) is 6.86. The molecule has 0 radical (unpaired) electrons. The molecule has 0 bridgehead atoms. The highest BCUT2D eigenvalue weighted by atomic mass is 79.9.